The molecule has 6 heteroatoms. The van der Waals surface area contributed by atoms with Gasteiger partial charge >= 0.3 is 0 Å². The van der Waals surface area contributed by atoms with E-state index in [1.54, 1.807) is 25.1 Å². The lowest BCUT2D eigenvalue weighted by atomic mass is 10.1. The number of aryl methyl sites for hydroxylation is 2. The summed E-state index contributed by atoms with van der Waals surface area (Å²) >= 11 is 0. The number of ether oxygens (including phenoxy) is 1. The molecule has 1 N–H and O–H groups in total. The molecule has 0 aromatic heterocycles. The van der Waals surface area contributed by atoms with E-state index >= 15 is 0 Å². The molecule has 2 rings (SSSR count). The second kappa shape index (κ2) is 11.3. The van der Waals surface area contributed by atoms with Crippen molar-refractivity contribution >= 4 is 11.8 Å². The molecule has 0 fully saturated rings. The van der Waals surface area contributed by atoms with Crippen molar-refractivity contribution in [1.82, 2.24) is 10.2 Å². The van der Waals surface area contributed by atoms with Crippen molar-refractivity contribution in [2.75, 3.05) is 13.2 Å². The Morgan fingerprint density at radius 2 is 1.90 bits per heavy atom. The maximum absolute atomic E-state index is 14.2. The third kappa shape index (κ3) is 6.58. The van der Waals surface area contributed by atoms with Gasteiger partial charge in [-0.2, -0.15) is 0 Å². The maximum atomic E-state index is 14.2. The van der Waals surface area contributed by atoms with Crippen molar-refractivity contribution in [3.8, 4) is 5.75 Å². The molecular weight excluding hydrogens is 383 g/mol. The number of hydrogen-bond acceptors (Lipinski definition) is 3. The molecule has 0 spiro atoms. The Kier molecular flexibility index (Phi) is 8.84. The predicted octanol–water partition coefficient (Wildman–Crippen LogP) is 4.15. The van der Waals surface area contributed by atoms with E-state index < -0.39 is 11.9 Å². The number of carbonyl (C=O) groups excluding carboxylic acids is 2. The van der Waals surface area contributed by atoms with Gasteiger partial charge in [0.25, 0.3) is 5.91 Å². The summed E-state index contributed by atoms with van der Waals surface area (Å²) in [6.45, 7) is 7.88. The molecule has 0 bridgehead atoms. The summed E-state index contributed by atoms with van der Waals surface area (Å²) in [5.41, 5.74) is 2.38. The van der Waals surface area contributed by atoms with E-state index in [0.29, 0.717) is 17.9 Å². The normalized spacial score (nSPS) is 11.6. The first kappa shape index (κ1) is 23.4. The summed E-state index contributed by atoms with van der Waals surface area (Å²) < 4.78 is 19.9. The Morgan fingerprint density at radius 3 is 2.57 bits per heavy atom. The maximum Gasteiger partial charge on any atom is 0.261 e. The third-order valence-electron chi connectivity index (χ3n) is 4.98. The molecule has 2 aromatic carbocycles. The fourth-order valence-electron chi connectivity index (χ4n) is 3.11. The highest BCUT2D eigenvalue weighted by atomic mass is 19.1. The van der Waals surface area contributed by atoms with Crippen LogP contribution in [0.25, 0.3) is 0 Å². The van der Waals surface area contributed by atoms with Gasteiger partial charge in [0.15, 0.2) is 6.61 Å². The van der Waals surface area contributed by atoms with Gasteiger partial charge in [0, 0.05) is 18.7 Å². The van der Waals surface area contributed by atoms with Gasteiger partial charge in [-0.1, -0.05) is 49.2 Å². The van der Waals surface area contributed by atoms with E-state index in [0.717, 1.165) is 24.0 Å². The molecule has 0 unspecified atom stereocenters. The fourth-order valence-corrected chi connectivity index (χ4v) is 3.11. The summed E-state index contributed by atoms with van der Waals surface area (Å²) in [5, 5.41) is 2.84. The van der Waals surface area contributed by atoms with E-state index in [1.807, 2.05) is 39.0 Å². The summed E-state index contributed by atoms with van der Waals surface area (Å²) in [7, 11) is 0. The van der Waals surface area contributed by atoms with Crippen molar-refractivity contribution in [3.05, 3.63) is 65.0 Å². The quantitative estimate of drug-likeness (QED) is 0.594. The van der Waals surface area contributed by atoms with E-state index in [4.69, 9.17) is 4.74 Å². The summed E-state index contributed by atoms with van der Waals surface area (Å²) in [6, 6.07) is 11.2. The van der Waals surface area contributed by atoms with Crippen LogP contribution in [-0.4, -0.2) is 35.9 Å². The van der Waals surface area contributed by atoms with Gasteiger partial charge in [-0.15, -0.1) is 0 Å². The van der Waals surface area contributed by atoms with E-state index in [-0.39, 0.29) is 25.0 Å². The monoisotopic (exact) mass is 414 g/mol. The molecule has 0 aliphatic rings. The van der Waals surface area contributed by atoms with Crippen LogP contribution in [0.2, 0.25) is 0 Å². The molecule has 2 aromatic rings. The lowest BCUT2D eigenvalue weighted by Crippen LogP contribution is -2.49. The minimum Gasteiger partial charge on any atom is -0.483 e. The summed E-state index contributed by atoms with van der Waals surface area (Å²) in [6.07, 6.45) is 1.81. The number of hydrogen-bond donors (Lipinski definition) is 1. The lowest BCUT2D eigenvalue weighted by molar-refractivity contribution is -0.142. The van der Waals surface area contributed by atoms with Crippen LogP contribution in [0.15, 0.2) is 42.5 Å². The smallest absolute Gasteiger partial charge is 0.261 e. The molecule has 0 aliphatic carbocycles. The number of carbonyl (C=O) groups is 2. The number of unbranched alkanes of at least 4 members (excludes halogenated alkanes) is 1. The van der Waals surface area contributed by atoms with Crippen LogP contribution >= 0.6 is 0 Å². The van der Waals surface area contributed by atoms with Crippen LogP contribution in [0.4, 0.5) is 4.39 Å². The molecule has 0 radical (unpaired) electrons. The Morgan fingerprint density at radius 1 is 1.17 bits per heavy atom. The molecule has 1 atom stereocenters. The van der Waals surface area contributed by atoms with Gasteiger partial charge < -0.3 is 15.0 Å². The molecule has 2 amide bonds. The van der Waals surface area contributed by atoms with Gasteiger partial charge in [-0.05, 0) is 44.9 Å². The van der Waals surface area contributed by atoms with Crippen molar-refractivity contribution in [3.63, 3.8) is 0 Å². The Labute approximate surface area is 178 Å². The summed E-state index contributed by atoms with van der Waals surface area (Å²) in [4.78, 5) is 26.9. The van der Waals surface area contributed by atoms with Gasteiger partial charge in [0.05, 0.1) is 0 Å². The van der Waals surface area contributed by atoms with Crippen LogP contribution in [0.1, 0.15) is 43.4 Å². The SMILES string of the molecule is CCCCNC(=O)[C@@H](C)N(Cc1ccccc1F)C(=O)COc1ccc(C)cc1C. The van der Waals surface area contributed by atoms with Crippen LogP contribution in [-0.2, 0) is 16.1 Å². The van der Waals surface area contributed by atoms with Crippen LogP contribution in [0.3, 0.4) is 0 Å². The van der Waals surface area contributed by atoms with Crippen molar-refractivity contribution in [1.29, 1.82) is 0 Å². The third-order valence-corrected chi connectivity index (χ3v) is 4.98. The number of halogens is 1. The average Bonchev–Trinajstić information content (AvgIpc) is 2.72. The number of nitrogens with zero attached hydrogens (tertiary/aromatic N) is 1. The Balaban J connectivity index is 2.15. The first-order chi connectivity index (χ1) is 14.3. The minimum absolute atomic E-state index is 0.00981. The zero-order chi connectivity index (χ0) is 22.1. The Bertz CT molecular complexity index is 869. The number of amides is 2. The predicted molar refractivity (Wildman–Crippen MR) is 116 cm³/mol. The molecule has 0 saturated carbocycles. The van der Waals surface area contributed by atoms with E-state index in [1.165, 1.54) is 11.0 Å². The fraction of sp³-hybridized carbons (Fsp3) is 0.417. The van der Waals surface area contributed by atoms with Crippen LogP contribution in [0, 0.1) is 19.7 Å². The first-order valence-corrected chi connectivity index (χ1v) is 10.3. The zero-order valence-electron chi connectivity index (χ0n) is 18.2. The second-order valence-electron chi connectivity index (χ2n) is 7.49. The van der Waals surface area contributed by atoms with Crippen LogP contribution < -0.4 is 10.1 Å². The molecule has 162 valence electrons. The van der Waals surface area contributed by atoms with Gasteiger partial charge in [0.2, 0.25) is 5.91 Å². The molecular formula is C24H31FN2O3. The first-order valence-electron chi connectivity index (χ1n) is 10.3. The van der Waals surface area contributed by atoms with Crippen molar-refractivity contribution < 1.29 is 18.7 Å². The summed E-state index contributed by atoms with van der Waals surface area (Å²) in [5.74, 6) is -0.444. The van der Waals surface area contributed by atoms with Gasteiger partial charge in [-0.25, -0.2) is 4.39 Å². The minimum atomic E-state index is -0.753. The van der Waals surface area contributed by atoms with E-state index in [9.17, 15) is 14.0 Å². The van der Waals surface area contributed by atoms with E-state index in [2.05, 4.69) is 5.32 Å². The highest BCUT2D eigenvalue weighted by Gasteiger charge is 2.27. The van der Waals surface area contributed by atoms with Crippen molar-refractivity contribution in [2.45, 2.75) is 53.1 Å². The lowest BCUT2D eigenvalue weighted by Gasteiger charge is -2.29. The molecule has 0 heterocycles. The average molecular weight is 415 g/mol. The van der Waals surface area contributed by atoms with Crippen molar-refractivity contribution in [2.24, 2.45) is 0 Å². The zero-order valence-corrected chi connectivity index (χ0v) is 18.2. The largest absolute Gasteiger partial charge is 0.483 e. The molecule has 30 heavy (non-hydrogen) atoms. The molecule has 0 aliphatic heterocycles. The number of nitrogens with one attached hydrogen (secondary N) is 1. The highest BCUT2D eigenvalue weighted by molar-refractivity contribution is 5.88. The highest BCUT2D eigenvalue weighted by Crippen LogP contribution is 2.19. The number of benzene rings is 2. The van der Waals surface area contributed by atoms with Gasteiger partial charge in [0.1, 0.15) is 17.6 Å². The van der Waals surface area contributed by atoms with Crippen LogP contribution in [0.5, 0.6) is 5.75 Å². The molecule has 5 nitrogen and oxygen atoms in total. The topological polar surface area (TPSA) is 58.6 Å². The Hall–Kier alpha value is -2.89. The molecule has 0 saturated heterocycles. The number of rotatable bonds is 10. The standard InChI is InChI=1S/C24H31FN2O3/c1-5-6-13-26-24(29)19(4)27(15-20-9-7-8-10-21(20)25)23(28)16-30-22-12-11-17(2)14-18(22)3/h7-12,14,19H,5-6,13,15-16H2,1-4H3,(H,26,29)/t19-/m1/s1. The second-order valence-corrected chi connectivity index (χ2v) is 7.49. The van der Waals surface area contributed by atoms with Gasteiger partial charge in [-0.3, -0.25) is 9.59 Å².